The largest absolute Gasteiger partial charge is 0.349 e. The van der Waals surface area contributed by atoms with E-state index in [1.165, 1.54) is 22.0 Å². The number of sulfonamides is 1. The highest BCUT2D eigenvalue weighted by Gasteiger charge is 2.30. The number of hydrogen-bond donors (Lipinski definition) is 1. The number of halogens is 1. The van der Waals surface area contributed by atoms with Crippen molar-refractivity contribution in [3.8, 4) is 0 Å². The van der Waals surface area contributed by atoms with Crippen molar-refractivity contribution in [3.63, 3.8) is 0 Å². The summed E-state index contributed by atoms with van der Waals surface area (Å²) in [5.74, 6) is -0.254. The van der Waals surface area contributed by atoms with Gasteiger partial charge in [0.05, 0.1) is 5.02 Å². The summed E-state index contributed by atoms with van der Waals surface area (Å²) < 4.78 is 27.3. The Morgan fingerprint density at radius 2 is 1.68 bits per heavy atom. The second-order valence-electron chi connectivity index (χ2n) is 8.27. The Labute approximate surface area is 189 Å². The van der Waals surface area contributed by atoms with E-state index in [2.05, 4.69) is 22.3 Å². The number of hydrogen-bond acceptors (Lipinski definition) is 4. The number of benzene rings is 2. The lowest BCUT2D eigenvalue weighted by molar-refractivity contribution is 0.0908. The highest BCUT2D eigenvalue weighted by Crippen LogP contribution is 2.28. The molecule has 2 aromatic carbocycles. The van der Waals surface area contributed by atoms with Crippen LogP contribution in [0.25, 0.3) is 0 Å². The molecule has 6 nitrogen and oxygen atoms in total. The first-order valence-electron chi connectivity index (χ1n) is 10.8. The molecule has 166 valence electrons. The molecule has 1 amide bonds. The number of carbonyl (C=O) groups is 1. The lowest BCUT2D eigenvalue weighted by Crippen LogP contribution is -2.44. The molecule has 8 heteroatoms. The van der Waals surface area contributed by atoms with Gasteiger partial charge in [-0.3, -0.25) is 9.69 Å². The van der Waals surface area contributed by atoms with Gasteiger partial charge in [0.2, 0.25) is 10.0 Å². The van der Waals surface area contributed by atoms with Crippen LogP contribution in [0.2, 0.25) is 5.02 Å². The van der Waals surface area contributed by atoms with Crippen molar-refractivity contribution in [2.24, 2.45) is 0 Å². The minimum atomic E-state index is -3.68. The molecule has 0 aliphatic carbocycles. The van der Waals surface area contributed by atoms with Crippen LogP contribution in [-0.2, 0) is 16.6 Å². The van der Waals surface area contributed by atoms with Gasteiger partial charge in [0.25, 0.3) is 5.91 Å². The number of nitrogens with one attached hydrogen (secondary N) is 1. The van der Waals surface area contributed by atoms with E-state index in [0.717, 1.165) is 45.3 Å². The summed E-state index contributed by atoms with van der Waals surface area (Å²) in [6.45, 7) is 3.73. The van der Waals surface area contributed by atoms with Crippen LogP contribution in [0, 0.1) is 0 Å². The molecule has 0 saturated carbocycles. The van der Waals surface area contributed by atoms with Crippen LogP contribution in [-0.4, -0.2) is 55.8 Å². The summed E-state index contributed by atoms with van der Waals surface area (Å²) >= 11 is 6.20. The summed E-state index contributed by atoms with van der Waals surface area (Å²) in [5, 5.41) is 3.22. The average molecular weight is 462 g/mol. The molecule has 0 radical (unpaired) electrons. The number of carbonyl (C=O) groups excluding carboxylic acids is 1. The summed E-state index contributed by atoms with van der Waals surface area (Å²) in [7, 11) is -3.68. The van der Waals surface area contributed by atoms with Crippen molar-refractivity contribution in [3.05, 3.63) is 64.7 Å². The molecule has 4 rings (SSSR count). The number of amides is 1. The van der Waals surface area contributed by atoms with Gasteiger partial charge in [0, 0.05) is 44.3 Å². The van der Waals surface area contributed by atoms with E-state index in [4.69, 9.17) is 11.6 Å². The van der Waals surface area contributed by atoms with E-state index in [-0.39, 0.29) is 21.9 Å². The predicted octanol–water partition coefficient (Wildman–Crippen LogP) is 3.52. The SMILES string of the molecule is O=C(NC1CCN(Cc2ccccc2)CC1)c1ccc(Cl)c(S(=O)(=O)N2CCCC2)c1. The van der Waals surface area contributed by atoms with Crippen molar-refractivity contribution in [1.29, 1.82) is 0 Å². The maximum absolute atomic E-state index is 12.9. The fraction of sp³-hybridized carbons (Fsp3) is 0.435. The monoisotopic (exact) mass is 461 g/mol. The van der Waals surface area contributed by atoms with Crippen molar-refractivity contribution < 1.29 is 13.2 Å². The smallest absolute Gasteiger partial charge is 0.251 e. The first-order valence-corrected chi connectivity index (χ1v) is 12.6. The van der Waals surface area contributed by atoms with Crippen molar-refractivity contribution in [2.75, 3.05) is 26.2 Å². The van der Waals surface area contributed by atoms with Gasteiger partial charge >= 0.3 is 0 Å². The van der Waals surface area contributed by atoms with Crippen LogP contribution in [0.3, 0.4) is 0 Å². The van der Waals surface area contributed by atoms with E-state index in [9.17, 15) is 13.2 Å². The molecule has 2 aromatic rings. The van der Waals surface area contributed by atoms with Crippen molar-refractivity contribution in [2.45, 2.75) is 43.2 Å². The van der Waals surface area contributed by atoms with E-state index in [1.807, 2.05) is 18.2 Å². The predicted molar refractivity (Wildman–Crippen MR) is 122 cm³/mol. The average Bonchev–Trinajstić information content (AvgIpc) is 3.32. The van der Waals surface area contributed by atoms with Crippen LogP contribution in [0.5, 0.6) is 0 Å². The molecule has 0 aromatic heterocycles. The third kappa shape index (κ3) is 5.29. The molecular formula is C23H28ClN3O3S. The van der Waals surface area contributed by atoms with Crippen LogP contribution >= 0.6 is 11.6 Å². The zero-order valence-corrected chi connectivity index (χ0v) is 19.0. The maximum Gasteiger partial charge on any atom is 0.251 e. The molecule has 1 N–H and O–H groups in total. The Morgan fingerprint density at radius 1 is 1.00 bits per heavy atom. The molecule has 0 unspecified atom stereocenters. The van der Waals surface area contributed by atoms with Gasteiger partial charge in [-0.05, 0) is 49.4 Å². The minimum Gasteiger partial charge on any atom is -0.349 e. The van der Waals surface area contributed by atoms with Crippen LogP contribution < -0.4 is 5.32 Å². The molecule has 2 fully saturated rings. The molecule has 2 heterocycles. The quantitative estimate of drug-likeness (QED) is 0.714. The third-order valence-electron chi connectivity index (χ3n) is 6.05. The minimum absolute atomic E-state index is 0.0152. The van der Waals surface area contributed by atoms with Crippen LogP contribution in [0.1, 0.15) is 41.6 Å². The van der Waals surface area contributed by atoms with Gasteiger partial charge in [-0.15, -0.1) is 0 Å². The summed E-state index contributed by atoms with van der Waals surface area (Å²) in [6, 6.07) is 14.9. The number of piperidine rings is 1. The standard InChI is InChI=1S/C23H28ClN3O3S/c24-21-9-8-19(16-22(21)31(29,30)27-12-4-5-13-27)23(28)25-20-10-14-26(15-11-20)17-18-6-2-1-3-7-18/h1-3,6-9,16,20H,4-5,10-15,17H2,(H,25,28). The van der Waals surface area contributed by atoms with Crippen LogP contribution in [0.4, 0.5) is 0 Å². The second-order valence-corrected chi connectivity index (χ2v) is 10.6. The van der Waals surface area contributed by atoms with Gasteiger partial charge in [-0.25, -0.2) is 8.42 Å². The fourth-order valence-corrected chi connectivity index (χ4v) is 6.27. The van der Waals surface area contributed by atoms with E-state index in [1.54, 1.807) is 6.07 Å². The lowest BCUT2D eigenvalue weighted by atomic mass is 10.0. The molecular weight excluding hydrogens is 434 g/mol. The Kier molecular flexibility index (Phi) is 6.96. The van der Waals surface area contributed by atoms with Crippen molar-refractivity contribution in [1.82, 2.24) is 14.5 Å². The van der Waals surface area contributed by atoms with Gasteiger partial charge in [-0.2, -0.15) is 4.31 Å². The summed E-state index contributed by atoms with van der Waals surface area (Å²) in [5.41, 5.74) is 1.62. The Morgan fingerprint density at radius 3 is 2.35 bits per heavy atom. The zero-order valence-electron chi connectivity index (χ0n) is 17.5. The van der Waals surface area contributed by atoms with E-state index in [0.29, 0.717) is 18.7 Å². The molecule has 0 bridgehead atoms. The normalized spacial score (nSPS) is 18.9. The van der Waals surface area contributed by atoms with E-state index >= 15 is 0 Å². The Balaban J connectivity index is 1.37. The lowest BCUT2D eigenvalue weighted by Gasteiger charge is -2.32. The number of likely N-dealkylation sites (tertiary alicyclic amines) is 1. The van der Waals surface area contributed by atoms with Crippen molar-refractivity contribution >= 4 is 27.5 Å². The topological polar surface area (TPSA) is 69.7 Å². The summed E-state index contributed by atoms with van der Waals surface area (Å²) in [4.78, 5) is 15.2. The van der Waals surface area contributed by atoms with Gasteiger partial charge < -0.3 is 5.32 Å². The highest BCUT2D eigenvalue weighted by molar-refractivity contribution is 7.89. The van der Waals surface area contributed by atoms with Gasteiger partial charge in [-0.1, -0.05) is 41.9 Å². The molecule has 2 aliphatic rings. The van der Waals surface area contributed by atoms with E-state index < -0.39 is 10.0 Å². The second kappa shape index (κ2) is 9.69. The maximum atomic E-state index is 12.9. The Hall–Kier alpha value is -1.93. The highest BCUT2D eigenvalue weighted by atomic mass is 35.5. The molecule has 31 heavy (non-hydrogen) atoms. The van der Waals surface area contributed by atoms with Crippen LogP contribution in [0.15, 0.2) is 53.4 Å². The molecule has 2 saturated heterocycles. The summed E-state index contributed by atoms with van der Waals surface area (Å²) in [6.07, 6.45) is 3.43. The Bertz CT molecular complexity index is 1020. The molecule has 0 spiro atoms. The molecule has 2 aliphatic heterocycles. The first kappa shape index (κ1) is 22.3. The van der Waals surface area contributed by atoms with Gasteiger partial charge in [0.1, 0.15) is 4.90 Å². The zero-order chi connectivity index (χ0) is 21.8. The fourth-order valence-electron chi connectivity index (χ4n) is 4.26. The first-order chi connectivity index (χ1) is 14.9. The molecule has 0 atom stereocenters. The van der Waals surface area contributed by atoms with Gasteiger partial charge in [0.15, 0.2) is 0 Å². The number of nitrogens with zero attached hydrogens (tertiary/aromatic N) is 2. The third-order valence-corrected chi connectivity index (χ3v) is 8.43. The number of rotatable bonds is 6.